The zero-order valence-electron chi connectivity index (χ0n) is 21.1. The molecule has 4 amide bonds. The molecule has 0 bridgehead atoms. The molecule has 0 aliphatic heterocycles. The molecule has 1 unspecified atom stereocenters. The van der Waals surface area contributed by atoms with Crippen LogP contribution in [0.15, 0.2) is 0 Å². The molecule has 0 aliphatic carbocycles. The Morgan fingerprint density at radius 1 is 0.812 bits per heavy atom. The highest BCUT2D eigenvalue weighted by molar-refractivity contribution is 6.71. The molecular weight excluding hydrogens is 448 g/mol. The summed E-state index contributed by atoms with van der Waals surface area (Å²) in [6, 6.07) is 0.874. The highest BCUT2D eigenvalue weighted by Gasteiger charge is 2.29. The summed E-state index contributed by atoms with van der Waals surface area (Å²) in [5, 5.41) is 8.35. The largest absolute Gasteiger partial charge is 0.418 e. The first-order valence-electron chi connectivity index (χ1n) is 11.7. The number of carbonyl (C=O) groups is 2. The van der Waals surface area contributed by atoms with Crippen molar-refractivity contribution in [2.45, 2.75) is 78.3 Å². The Hall–Kier alpha value is -1.19. The lowest BCUT2D eigenvalue weighted by molar-refractivity contribution is 0.0506. The SMILES string of the molecule is CCO[Si](C)(C)CCCNC(=O)NC(C)CONC(=O)NCCC[Si](C)(OCC)OCC. The van der Waals surface area contributed by atoms with E-state index in [1.165, 1.54) is 0 Å². The molecule has 0 aliphatic rings. The summed E-state index contributed by atoms with van der Waals surface area (Å²) in [4.78, 5) is 28.9. The number of hydrogen-bond donors (Lipinski definition) is 4. The van der Waals surface area contributed by atoms with E-state index in [1.54, 1.807) is 6.92 Å². The molecule has 190 valence electrons. The second-order valence-corrected chi connectivity index (χ2v) is 16.0. The van der Waals surface area contributed by atoms with Crippen molar-refractivity contribution < 1.29 is 27.7 Å². The van der Waals surface area contributed by atoms with Crippen molar-refractivity contribution in [3.63, 3.8) is 0 Å². The molecule has 10 nitrogen and oxygen atoms in total. The zero-order chi connectivity index (χ0) is 24.5. The molecule has 0 aromatic carbocycles. The average molecular weight is 495 g/mol. The summed E-state index contributed by atoms with van der Waals surface area (Å²) in [5.74, 6) is 0. The topological polar surface area (TPSA) is 119 Å². The maximum absolute atomic E-state index is 11.9. The predicted octanol–water partition coefficient (Wildman–Crippen LogP) is 3.07. The first-order chi connectivity index (χ1) is 15.1. The van der Waals surface area contributed by atoms with Gasteiger partial charge in [0, 0.05) is 32.9 Å². The van der Waals surface area contributed by atoms with Crippen LogP contribution in [-0.4, -0.2) is 74.5 Å². The Bertz CT molecular complexity index is 522. The molecule has 0 aromatic heterocycles. The predicted molar refractivity (Wildman–Crippen MR) is 131 cm³/mol. The molecule has 0 fully saturated rings. The van der Waals surface area contributed by atoms with Gasteiger partial charge in [-0.05, 0) is 72.3 Å². The maximum atomic E-state index is 11.9. The number of amides is 4. The van der Waals surface area contributed by atoms with Crippen molar-refractivity contribution in [1.29, 1.82) is 0 Å². The van der Waals surface area contributed by atoms with E-state index in [4.69, 9.17) is 18.1 Å². The number of nitrogens with one attached hydrogen (secondary N) is 4. The maximum Gasteiger partial charge on any atom is 0.338 e. The van der Waals surface area contributed by atoms with Gasteiger partial charge < -0.3 is 29.2 Å². The molecule has 0 rings (SSSR count). The van der Waals surface area contributed by atoms with Crippen LogP contribution in [0.3, 0.4) is 0 Å². The van der Waals surface area contributed by atoms with E-state index in [0.29, 0.717) is 26.3 Å². The van der Waals surface area contributed by atoms with Gasteiger partial charge >= 0.3 is 20.6 Å². The Morgan fingerprint density at radius 3 is 1.91 bits per heavy atom. The van der Waals surface area contributed by atoms with Gasteiger partial charge in [-0.3, -0.25) is 4.84 Å². The summed E-state index contributed by atoms with van der Waals surface area (Å²) in [5.41, 5.74) is 2.33. The lowest BCUT2D eigenvalue weighted by Crippen LogP contribution is -2.45. The van der Waals surface area contributed by atoms with E-state index < -0.39 is 22.9 Å². The van der Waals surface area contributed by atoms with Crippen molar-refractivity contribution in [1.82, 2.24) is 21.4 Å². The van der Waals surface area contributed by atoms with Gasteiger partial charge in [0.05, 0.1) is 12.6 Å². The van der Waals surface area contributed by atoms with Crippen LogP contribution in [0.5, 0.6) is 0 Å². The molecule has 1 atom stereocenters. The van der Waals surface area contributed by atoms with Crippen molar-refractivity contribution in [2.24, 2.45) is 0 Å². The van der Waals surface area contributed by atoms with Gasteiger partial charge in [-0.2, -0.15) is 0 Å². The van der Waals surface area contributed by atoms with Crippen LogP contribution in [0.1, 0.15) is 40.5 Å². The number of hydroxylamine groups is 1. The van der Waals surface area contributed by atoms with E-state index in [9.17, 15) is 9.59 Å². The third-order valence-electron chi connectivity index (χ3n) is 4.64. The van der Waals surface area contributed by atoms with Crippen LogP contribution >= 0.6 is 0 Å². The first-order valence-corrected chi connectivity index (χ1v) is 17.3. The Labute approximate surface area is 196 Å². The standard InChI is InChI=1S/C20H46N4O6Si2/c1-8-28-31(5,6)15-11-13-21-19(25)23-18(4)17-27-24-20(26)22-14-12-16-32(7,29-9-2)30-10-3/h18H,8-17H2,1-7H3,(H2,21,23,25)(H2,22,24,26). The number of carbonyl (C=O) groups excluding carboxylic acids is 2. The normalized spacial score (nSPS) is 12.8. The lowest BCUT2D eigenvalue weighted by atomic mass is 10.4. The van der Waals surface area contributed by atoms with Gasteiger partial charge in [0.2, 0.25) is 0 Å². The van der Waals surface area contributed by atoms with Crippen molar-refractivity contribution in [3.8, 4) is 0 Å². The number of hydrogen-bond acceptors (Lipinski definition) is 6. The second-order valence-electron chi connectivity index (χ2n) is 8.37. The Morgan fingerprint density at radius 2 is 1.34 bits per heavy atom. The summed E-state index contributed by atoms with van der Waals surface area (Å²) >= 11 is 0. The van der Waals surface area contributed by atoms with Crippen molar-refractivity contribution in [2.75, 3.05) is 39.5 Å². The summed E-state index contributed by atoms with van der Waals surface area (Å²) in [7, 11) is -3.77. The van der Waals surface area contributed by atoms with Gasteiger partial charge in [0.15, 0.2) is 8.32 Å². The lowest BCUT2D eigenvalue weighted by Gasteiger charge is -2.25. The molecule has 0 radical (unpaired) electrons. The van der Waals surface area contributed by atoms with Crippen LogP contribution < -0.4 is 21.4 Å². The van der Waals surface area contributed by atoms with Crippen LogP contribution in [-0.2, 0) is 18.1 Å². The first kappa shape index (κ1) is 30.8. The molecular formula is C20H46N4O6Si2. The zero-order valence-corrected chi connectivity index (χ0v) is 23.1. The fourth-order valence-electron chi connectivity index (χ4n) is 3.17. The molecule has 0 saturated carbocycles. The van der Waals surface area contributed by atoms with Gasteiger partial charge in [-0.25, -0.2) is 15.1 Å². The molecule has 12 heteroatoms. The van der Waals surface area contributed by atoms with Gasteiger partial charge in [-0.1, -0.05) is 0 Å². The third kappa shape index (κ3) is 16.4. The van der Waals surface area contributed by atoms with Gasteiger partial charge in [0.1, 0.15) is 0 Å². The molecule has 0 saturated heterocycles. The fourth-order valence-corrected chi connectivity index (χ4v) is 7.54. The average Bonchev–Trinajstić information content (AvgIpc) is 2.69. The third-order valence-corrected chi connectivity index (χ3v) is 10.3. The summed E-state index contributed by atoms with van der Waals surface area (Å²) in [6.45, 7) is 17.4. The van der Waals surface area contributed by atoms with Crippen molar-refractivity contribution >= 4 is 28.9 Å². The van der Waals surface area contributed by atoms with Crippen LogP contribution in [0.4, 0.5) is 9.59 Å². The minimum absolute atomic E-state index is 0.158. The van der Waals surface area contributed by atoms with E-state index in [0.717, 1.165) is 31.5 Å². The second kappa shape index (κ2) is 17.3. The van der Waals surface area contributed by atoms with Gasteiger partial charge in [-0.15, -0.1) is 0 Å². The van der Waals surface area contributed by atoms with E-state index in [-0.39, 0.29) is 18.7 Å². The minimum atomic E-state index is -2.16. The van der Waals surface area contributed by atoms with Crippen LogP contribution in [0.2, 0.25) is 31.7 Å². The summed E-state index contributed by atoms with van der Waals surface area (Å²) in [6.07, 6.45) is 1.65. The molecule has 0 spiro atoms. The molecule has 0 heterocycles. The van der Waals surface area contributed by atoms with Crippen LogP contribution in [0.25, 0.3) is 0 Å². The molecule has 0 aromatic rings. The summed E-state index contributed by atoms with van der Waals surface area (Å²) < 4.78 is 17.3. The van der Waals surface area contributed by atoms with E-state index in [1.807, 2.05) is 27.3 Å². The van der Waals surface area contributed by atoms with E-state index >= 15 is 0 Å². The monoisotopic (exact) mass is 494 g/mol. The highest BCUT2D eigenvalue weighted by atomic mass is 28.4. The Balaban J connectivity index is 3.86. The van der Waals surface area contributed by atoms with E-state index in [2.05, 4.69) is 34.5 Å². The Kier molecular flexibility index (Phi) is 16.7. The number of rotatable bonds is 18. The van der Waals surface area contributed by atoms with Crippen molar-refractivity contribution in [3.05, 3.63) is 0 Å². The van der Waals surface area contributed by atoms with Gasteiger partial charge in [0.25, 0.3) is 0 Å². The number of urea groups is 2. The minimum Gasteiger partial charge on any atom is -0.418 e. The quantitative estimate of drug-likeness (QED) is 0.132. The fraction of sp³-hybridized carbons (Fsp3) is 0.900. The molecule has 32 heavy (non-hydrogen) atoms. The highest BCUT2D eigenvalue weighted by Crippen LogP contribution is 2.15. The molecule has 4 N–H and O–H groups in total. The van der Waals surface area contributed by atoms with Crippen LogP contribution in [0, 0.1) is 0 Å². The smallest absolute Gasteiger partial charge is 0.338 e.